The second kappa shape index (κ2) is 8.75. The molecular formula is C26H24FN2O3+. The Kier molecular flexibility index (Phi) is 5.86. The fraction of sp³-hybridized carbons (Fsp3) is 0.192. The minimum absolute atomic E-state index is 0.00110. The van der Waals surface area contributed by atoms with Crippen LogP contribution in [-0.4, -0.2) is 21.7 Å². The zero-order chi connectivity index (χ0) is 22.8. The maximum atomic E-state index is 13.4. The van der Waals surface area contributed by atoms with Crippen LogP contribution >= 0.6 is 0 Å². The van der Waals surface area contributed by atoms with Crippen molar-refractivity contribution in [1.29, 1.82) is 0 Å². The van der Waals surface area contributed by atoms with Gasteiger partial charge in [-0.1, -0.05) is 38.1 Å². The van der Waals surface area contributed by atoms with Gasteiger partial charge >= 0.3 is 0 Å². The molecule has 4 rings (SSSR count). The zero-order valence-corrected chi connectivity index (χ0v) is 17.9. The molecule has 32 heavy (non-hydrogen) atoms. The number of aliphatic hydroxyl groups is 1. The molecule has 0 aliphatic carbocycles. The lowest BCUT2D eigenvalue weighted by molar-refractivity contribution is -0.378. The fourth-order valence-electron chi connectivity index (χ4n) is 3.94. The van der Waals surface area contributed by atoms with Crippen LogP contribution in [-0.2, 0) is 16.1 Å². The summed E-state index contributed by atoms with van der Waals surface area (Å²) in [4.78, 5) is 30.5. The van der Waals surface area contributed by atoms with E-state index in [0.29, 0.717) is 5.92 Å². The SMILES string of the molecule is CC(C)c1ccc(C2C(=C(O)c3ccc(F)cc3)C(=O)C(=O)N2Cc2ccc[nH+]c2)cc1. The Balaban J connectivity index is 1.84. The van der Waals surface area contributed by atoms with Gasteiger partial charge in [-0.2, -0.15) is 0 Å². The van der Waals surface area contributed by atoms with Crippen LogP contribution in [0.15, 0.2) is 78.6 Å². The van der Waals surface area contributed by atoms with E-state index in [1.54, 1.807) is 12.4 Å². The molecule has 2 heterocycles. The van der Waals surface area contributed by atoms with Crippen LogP contribution in [0.1, 0.15) is 48.1 Å². The number of aliphatic hydroxyl groups excluding tert-OH is 1. The summed E-state index contributed by atoms with van der Waals surface area (Å²) in [6.07, 6.45) is 3.52. The van der Waals surface area contributed by atoms with Crippen molar-refractivity contribution >= 4 is 17.4 Å². The van der Waals surface area contributed by atoms with Crippen LogP contribution in [0.4, 0.5) is 4.39 Å². The maximum Gasteiger partial charge on any atom is 0.295 e. The Hall–Kier alpha value is -3.80. The van der Waals surface area contributed by atoms with Gasteiger partial charge in [0.1, 0.15) is 11.6 Å². The highest BCUT2D eigenvalue weighted by Gasteiger charge is 2.46. The Morgan fingerprint density at radius 3 is 2.34 bits per heavy atom. The number of pyridine rings is 1. The molecule has 1 aromatic heterocycles. The summed E-state index contributed by atoms with van der Waals surface area (Å²) in [5, 5.41) is 11.0. The average Bonchev–Trinajstić information content (AvgIpc) is 3.05. The Bertz CT molecular complexity index is 1170. The number of carbonyl (C=O) groups excluding carboxylic acids is 2. The summed E-state index contributed by atoms with van der Waals surface area (Å²) in [6, 6.07) is 15.8. The van der Waals surface area contributed by atoms with Gasteiger partial charge in [0.2, 0.25) is 0 Å². The molecule has 2 N–H and O–H groups in total. The second-order valence-corrected chi connectivity index (χ2v) is 8.17. The number of aromatic amines is 1. The van der Waals surface area contributed by atoms with Gasteiger partial charge in [-0.3, -0.25) is 9.59 Å². The number of nitrogens with zero attached hydrogens (tertiary/aromatic N) is 1. The molecule has 2 aromatic carbocycles. The van der Waals surface area contributed by atoms with Crippen LogP contribution in [0.2, 0.25) is 0 Å². The number of carbonyl (C=O) groups is 2. The highest BCUT2D eigenvalue weighted by atomic mass is 19.1. The Morgan fingerprint density at radius 1 is 1.06 bits per heavy atom. The highest BCUT2D eigenvalue weighted by Crippen LogP contribution is 2.40. The van der Waals surface area contributed by atoms with Crippen molar-refractivity contribution in [3.63, 3.8) is 0 Å². The average molecular weight is 431 g/mol. The van der Waals surface area contributed by atoms with Crippen molar-refractivity contribution in [2.24, 2.45) is 0 Å². The second-order valence-electron chi connectivity index (χ2n) is 8.17. The third-order valence-electron chi connectivity index (χ3n) is 5.70. The molecule has 1 fully saturated rings. The first-order chi connectivity index (χ1) is 15.4. The molecule has 1 atom stereocenters. The predicted molar refractivity (Wildman–Crippen MR) is 118 cm³/mol. The van der Waals surface area contributed by atoms with Gasteiger partial charge in [0.25, 0.3) is 11.7 Å². The summed E-state index contributed by atoms with van der Waals surface area (Å²) >= 11 is 0. The summed E-state index contributed by atoms with van der Waals surface area (Å²) in [5.41, 5.74) is 2.94. The van der Waals surface area contributed by atoms with Gasteiger partial charge in [0.05, 0.1) is 18.2 Å². The van der Waals surface area contributed by atoms with E-state index < -0.39 is 23.5 Å². The van der Waals surface area contributed by atoms with E-state index in [1.165, 1.54) is 29.2 Å². The number of aromatic nitrogens is 1. The largest absolute Gasteiger partial charge is 0.507 e. The van der Waals surface area contributed by atoms with Crippen LogP contribution in [0.5, 0.6) is 0 Å². The van der Waals surface area contributed by atoms with E-state index in [9.17, 15) is 19.1 Å². The van der Waals surface area contributed by atoms with E-state index in [-0.39, 0.29) is 23.4 Å². The maximum absolute atomic E-state index is 13.4. The van der Waals surface area contributed by atoms with Gasteiger partial charge in [-0.15, -0.1) is 0 Å². The number of rotatable bonds is 5. The molecule has 162 valence electrons. The summed E-state index contributed by atoms with van der Waals surface area (Å²) in [7, 11) is 0. The molecule has 0 bridgehead atoms. The zero-order valence-electron chi connectivity index (χ0n) is 17.9. The normalized spacial score (nSPS) is 17.9. The van der Waals surface area contributed by atoms with E-state index >= 15 is 0 Å². The van der Waals surface area contributed by atoms with Crippen LogP contribution in [0, 0.1) is 5.82 Å². The van der Waals surface area contributed by atoms with Crippen LogP contribution in [0.3, 0.4) is 0 Å². The fourth-order valence-corrected chi connectivity index (χ4v) is 3.94. The molecule has 3 aromatic rings. The van der Waals surface area contributed by atoms with Crippen molar-refractivity contribution in [2.75, 3.05) is 0 Å². The van der Waals surface area contributed by atoms with Gasteiger partial charge in [0, 0.05) is 17.2 Å². The quantitative estimate of drug-likeness (QED) is 0.370. The molecule has 1 aliphatic heterocycles. The monoisotopic (exact) mass is 431 g/mol. The number of nitrogens with one attached hydrogen (secondary N) is 1. The van der Waals surface area contributed by atoms with E-state index in [4.69, 9.17) is 0 Å². The lowest BCUT2D eigenvalue weighted by Crippen LogP contribution is -2.29. The lowest BCUT2D eigenvalue weighted by atomic mass is 9.93. The molecule has 0 saturated carbocycles. The van der Waals surface area contributed by atoms with E-state index in [2.05, 4.69) is 18.8 Å². The summed E-state index contributed by atoms with van der Waals surface area (Å²) in [5.74, 6) is -1.89. The molecule has 6 heteroatoms. The lowest BCUT2D eigenvalue weighted by Gasteiger charge is -2.25. The number of amides is 1. The molecule has 1 amide bonds. The standard InChI is InChI=1S/C26H23FN2O3/c1-16(2)18-5-7-19(8-6-18)23-22(24(30)20-9-11-21(27)12-10-20)25(31)26(32)29(23)15-17-4-3-13-28-14-17/h3-14,16,23,30H,15H2,1-2H3/p+1. The minimum Gasteiger partial charge on any atom is -0.507 e. The highest BCUT2D eigenvalue weighted by molar-refractivity contribution is 6.46. The summed E-state index contributed by atoms with van der Waals surface area (Å²) < 4.78 is 13.4. The number of H-pyrrole nitrogens is 1. The molecule has 5 nitrogen and oxygen atoms in total. The van der Waals surface area contributed by atoms with E-state index in [1.807, 2.05) is 36.4 Å². The number of hydrogen-bond acceptors (Lipinski definition) is 3. The summed E-state index contributed by atoms with van der Waals surface area (Å²) in [6.45, 7) is 4.36. The van der Waals surface area contributed by atoms with Crippen molar-refractivity contribution in [2.45, 2.75) is 32.4 Å². The molecule has 1 unspecified atom stereocenters. The van der Waals surface area contributed by atoms with Gasteiger partial charge in [-0.25, -0.2) is 9.37 Å². The third kappa shape index (κ3) is 4.04. The first-order valence-corrected chi connectivity index (χ1v) is 10.5. The first kappa shape index (κ1) is 21.4. The van der Waals surface area contributed by atoms with Gasteiger partial charge in [0.15, 0.2) is 12.4 Å². The van der Waals surface area contributed by atoms with Crippen molar-refractivity contribution < 1.29 is 24.1 Å². The smallest absolute Gasteiger partial charge is 0.295 e. The molecule has 0 radical (unpaired) electrons. The molecule has 1 saturated heterocycles. The number of ketones is 1. The van der Waals surface area contributed by atoms with Crippen molar-refractivity contribution in [1.82, 2.24) is 4.90 Å². The number of benzene rings is 2. The van der Waals surface area contributed by atoms with Crippen LogP contribution in [0.25, 0.3) is 5.76 Å². The van der Waals surface area contributed by atoms with Crippen molar-refractivity contribution in [3.8, 4) is 0 Å². The Labute approximate surface area is 185 Å². The number of likely N-dealkylation sites (tertiary alicyclic amines) is 1. The number of Topliss-reactive ketones (excluding diaryl/α,β-unsaturated/α-hetero) is 1. The molecule has 0 spiro atoms. The number of hydrogen-bond donors (Lipinski definition) is 1. The van der Waals surface area contributed by atoms with Gasteiger partial charge < -0.3 is 10.0 Å². The third-order valence-corrected chi connectivity index (χ3v) is 5.70. The van der Waals surface area contributed by atoms with Gasteiger partial charge in [-0.05, 0) is 47.4 Å². The predicted octanol–water partition coefficient (Wildman–Crippen LogP) is 4.39. The van der Waals surface area contributed by atoms with E-state index in [0.717, 1.165) is 16.7 Å². The van der Waals surface area contributed by atoms with Crippen LogP contribution < -0.4 is 4.98 Å². The first-order valence-electron chi connectivity index (χ1n) is 10.5. The molecule has 1 aliphatic rings. The Morgan fingerprint density at radius 2 is 1.75 bits per heavy atom. The topological polar surface area (TPSA) is 71.8 Å². The van der Waals surface area contributed by atoms with Crippen molar-refractivity contribution in [3.05, 3.63) is 107 Å². The minimum atomic E-state index is -0.763. The molecular weight excluding hydrogens is 407 g/mol. The number of halogens is 1.